The van der Waals surface area contributed by atoms with Gasteiger partial charge in [0.2, 0.25) is 5.89 Å². The summed E-state index contributed by atoms with van der Waals surface area (Å²) < 4.78 is 5.81. The quantitative estimate of drug-likeness (QED) is 0.609. The molecule has 0 radical (unpaired) electrons. The minimum Gasteiger partial charge on any atom is -0.439 e. The molecule has 1 atom stereocenters. The van der Waals surface area contributed by atoms with Gasteiger partial charge in [-0.05, 0) is 25.2 Å². The van der Waals surface area contributed by atoms with Gasteiger partial charge in [-0.2, -0.15) is 0 Å². The molecule has 136 valence electrons. The predicted molar refractivity (Wildman–Crippen MR) is 103 cm³/mol. The molecule has 0 aliphatic heterocycles. The number of oxazole rings is 1. The molecule has 5 heteroatoms. The van der Waals surface area contributed by atoms with Crippen molar-refractivity contribution in [1.82, 2.24) is 15.6 Å². The Morgan fingerprint density at radius 1 is 1.24 bits per heavy atom. The standard InChI is InChI=1S/C20H30N4O/c1-15(11-12-20(2,3)4)24-19(21-5)23-14-18-22-13-17(25-18)16-9-7-6-8-10-16/h6-10,13,15H,11-12,14H2,1-5H3,(H2,21,23,24). The Morgan fingerprint density at radius 2 is 1.96 bits per heavy atom. The summed E-state index contributed by atoms with van der Waals surface area (Å²) in [7, 11) is 1.77. The lowest BCUT2D eigenvalue weighted by atomic mass is 9.89. The van der Waals surface area contributed by atoms with Crippen LogP contribution >= 0.6 is 0 Å². The summed E-state index contributed by atoms with van der Waals surface area (Å²) in [5.41, 5.74) is 1.37. The van der Waals surface area contributed by atoms with Crippen LogP contribution in [0.3, 0.4) is 0 Å². The first-order valence-electron chi connectivity index (χ1n) is 8.85. The summed E-state index contributed by atoms with van der Waals surface area (Å²) >= 11 is 0. The molecule has 0 aliphatic rings. The average molecular weight is 342 g/mol. The average Bonchev–Trinajstić information content (AvgIpc) is 3.06. The molecule has 1 aromatic carbocycles. The van der Waals surface area contributed by atoms with Crippen LogP contribution in [0.5, 0.6) is 0 Å². The Bertz CT molecular complexity index is 671. The fourth-order valence-corrected chi connectivity index (χ4v) is 2.44. The van der Waals surface area contributed by atoms with Gasteiger partial charge in [-0.3, -0.25) is 4.99 Å². The number of benzene rings is 1. The van der Waals surface area contributed by atoms with Crippen LogP contribution in [0.25, 0.3) is 11.3 Å². The minimum atomic E-state index is 0.346. The highest BCUT2D eigenvalue weighted by atomic mass is 16.4. The van der Waals surface area contributed by atoms with Gasteiger partial charge in [0, 0.05) is 18.7 Å². The lowest BCUT2D eigenvalue weighted by Gasteiger charge is -2.22. The van der Waals surface area contributed by atoms with E-state index >= 15 is 0 Å². The smallest absolute Gasteiger partial charge is 0.214 e. The number of nitrogens with one attached hydrogen (secondary N) is 2. The summed E-state index contributed by atoms with van der Waals surface area (Å²) in [5.74, 6) is 2.18. The molecule has 2 aromatic rings. The van der Waals surface area contributed by atoms with E-state index in [1.807, 2.05) is 30.3 Å². The molecule has 0 fully saturated rings. The van der Waals surface area contributed by atoms with Crippen molar-refractivity contribution in [3.05, 3.63) is 42.4 Å². The van der Waals surface area contributed by atoms with E-state index in [0.717, 1.165) is 23.7 Å². The van der Waals surface area contributed by atoms with E-state index in [4.69, 9.17) is 4.42 Å². The molecular formula is C20H30N4O. The number of hydrogen-bond donors (Lipinski definition) is 2. The Labute approximate surface area is 151 Å². The second kappa shape index (κ2) is 8.70. The lowest BCUT2D eigenvalue weighted by molar-refractivity contribution is 0.346. The highest BCUT2D eigenvalue weighted by Crippen LogP contribution is 2.21. The first-order chi connectivity index (χ1) is 11.9. The number of hydrogen-bond acceptors (Lipinski definition) is 3. The van der Waals surface area contributed by atoms with Gasteiger partial charge in [-0.25, -0.2) is 4.98 Å². The zero-order valence-electron chi connectivity index (χ0n) is 16.0. The maximum Gasteiger partial charge on any atom is 0.214 e. The molecule has 0 aliphatic carbocycles. The van der Waals surface area contributed by atoms with E-state index in [9.17, 15) is 0 Å². The maximum atomic E-state index is 5.81. The van der Waals surface area contributed by atoms with E-state index in [2.05, 4.69) is 48.3 Å². The van der Waals surface area contributed by atoms with Crippen molar-refractivity contribution in [2.75, 3.05) is 7.05 Å². The largest absolute Gasteiger partial charge is 0.439 e. The fourth-order valence-electron chi connectivity index (χ4n) is 2.44. The van der Waals surface area contributed by atoms with Crippen LogP contribution in [-0.2, 0) is 6.54 Å². The van der Waals surface area contributed by atoms with Crippen LogP contribution in [0.15, 0.2) is 45.9 Å². The Hall–Kier alpha value is -2.30. The van der Waals surface area contributed by atoms with E-state index in [1.165, 1.54) is 6.42 Å². The van der Waals surface area contributed by atoms with Crippen molar-refractivity contribution in [2.24, 2.45) is 10.4 Å². The third kappa shape index (κ3) is 6.61. The van der Waals surface area contributed by atoms with E-state index in [0.29, 0.717) is 23.9 Å². The first kappa shape index (κ1) is 19.0. The van der Waals surface area contributed by atoms with Crippen molar-refractivity contribution in [1.29, 1.82) is 0 Å². The zero-order chi connectivity index (χ0) is 18.3. The molecule has 1 unspecified atom stereocenters. The number of guanidine groups is 1. The molecule has 5 nitrogen and oxygen atoms in total. The summed E-state index contributed by atoms with van der Waals surface area (Å²) in [4.78, 5) is 8.61. The SMILES string of the molecule is CN=C(NCc1ncc(-c2ccccc2)o1)NC(C)CCC(C)(C)C. The maximum absolute atomic E-state index is 5.81. The third-order valence-electron chi connectivity index (χ3n) is 3.95. The third-order valence-corrected chi connectivity index (χ3v) is 3.95. The molecule has 0 spiro atoms. The Morgan fingerprint density at radius 3 is 2.60 bits per heavy atom. The Balaban J connectivity index is 1.84. The fraction of sp³-hybridized carbons (Fsp3) is 0.500. The van der Waals surface area contributed by atoms with Crippen molar-refractivity contribution in [3.8, 4) is 11.3 Å². The molecule has 0 saturated carbocycles. The first-order valence-corrected chi connectivity index (χ1v) is 8.85. The van der Waals surface area contributed by atoms with Crippen molar-refractivity contribution < 1.29 is 4.42 Å². The number of nitrogens with zero attached hydrogens (tertiary/aromatic N) is 2. The van der Waals surface area contributed by atoms with Crippen LogP contribution in [-0.4, -0.2) is 24.0 Å². The van der Waals surface area contributed by atoms with Crippen LogP contribution in [0, 0.1) is 5.41 Å². The van der Waals surface area contributed by atoms with Gasteiger partial charge in [0.25, 0.3) is 0 Å². The predicted octanol–water partition coefficient (Wildman–Crippen LogP) is 4.22. The molecule has 25 heavy (non-hydrogen) atoms. The van der Waals surface area contributed by atoms with E-state index in [-0.39, 0.29) is 0 Å². The van der Waals surface area contributed by atoms with Crippen LogP contribution in [0.2, 0.25) is 0 Å². The minimum absolute atomic E-state index is 0.346. The second-order valence-corrected chi connectivity index (χ2v) is 7.55. The van der Waals surface area contributed by atoms with Crippen LogP contribution < -0.4 is 10.6 Å². The van der Waals surface area contributed by atoms with Crippen LogP contribution in [0.1, 0.15) is 46.4 Å². The normalized spacial score (nSPS) is 13.6. The van der Waals surface area contributed by atoms with Crippen LogP contribution in [0.4, 0.5) is 0 Å². The monoisotopic (exact) mass is 342 g/mol. The highest BCUT2D eigenvalue weighted by Gasteiger charge is 2.13. The number of aliphatic imine (C=N–C) groups is 1. The molecular weight excluding hydrogens is 312 g/mol. The lowest BCUT2D eigenvalue weighted by Crippen LogP contribution is -2.42. The highest BCUT2D eigenvalue weighted by molar-refractivity contribution is 5.79. The van der Waals surface area contributed by atoms with Gasteiger partial charge < -0.3 is 15.1 Å². The topological polar surface area (TPSA) is 62.5 Å². The van der Waals surface area contributed by atoms with Gasteiger partial charge in [0.15, 0.2) is 11.7 Å². The second-order valence-electron chi connectivity index (χ2n) is 7.55. The van der Waals surface area contributed by atoms with Gasteiger partial charge >= 0.3 is 0 Å². The number of rotatable bonds is 6. The van der Waals surface area contributed by atoms with E-state index in [1.54, 1.807) is 13.2 Å². The van der Waals surface area contributed by atoms with Gasteiger partial charge in [-0.15, -0.1) is 0 Å². The molecule has 1 heterocycles. The Kier molecular flexibility index (Phi) is 6.62. The summed E-state index contributed by atoms with van der Waals surface area (Å²) in [6, 6.07) is 10.3. The summed E-state index contributed by atoms with van der Waals surface area (Å²) in [6.45, 7) is 9.47. The molecule has 2 N–H and O–H groups in total. The summed E-state index contributed by atoms with van der Waals surface area (Å²) in [6.07, 6.45) is 4.02. The van der Waals surface area contributed by atoms with Gasteiger partial charge in [0.1, 0.15) is 0 Å². The summed E-state index contributed by atoms with van der Waals surface area (Å²) in [5, 5.41) is 6.68. The molecule has 0 bridgehead atoms. The van der Waals surface area contributed by atoms with Gasteiger partial charge in [-0.1, -0.05) is 51.1 Å². The molecule has 0 saturated heterocycles. The number of aromatic nitrogens is 1. The molecule has 2 rings (SSSR count). The molecule has 1 aromatic heterocycles. The molecule has 0 amide bonds. The van der Waals surface area contributed by atoms with E-state index < -0.39 is 0 Å². The van der Waals surface area contributed by atoms with Crippen molar-refractivity contribution >= 4 is 5.96 Å². The van der Waals surface area contributed by atoms with Crippen molar-refractivity contribution in [2.45, 2.75) is 53.1 Å². The zero-order valence-corrected chi connectivity index (χ0v) is 16.0. The van der Waals surface area contributed by atoms with Crippen molar-refractivity contribution in [3.63, 3.8) is 0 Å². The van der Waals surface area contributed by atoms with Gasteiger partial charge in [0.05, 0.1) is 12.7 Å².